The van der Waals surface area contributed by atoms with Gasteiger partial charge in [-0.05, 0) is 18.2 Å². The fourth-order valence-corrected chi connectivity index (χ4v) is 3.64. The van der Waals surface area contributed by atoms with Gasteiger partial charge in [0.05, 0.1) is 6.54 Å². The van der Waals surface area contributed by atoms with Crippen molar-refractivity contribution in [1.29, 1.82) is 0 Å². The van der Waals surface area contributed by atoms with E-state index in [-0.39, 0.29) is 5.91 Å². The number of halogens is 2. The predicted molar refractivity (Wildman–Crippen MR) is 93.5 cm³/mol. The number of carbonyl (C=O) groups excluding carboxylic acids is 1. The molecular weight excluding hydrogens is 398 g/mol. The number of amides is 1. The Bertz CT molecular complexity index is 493. The molecule has 0 unspecified atom stereocenters. The van der Waals surface area contributed by atoms with Gasteiger partial charge in [0.15, 0.2) is 0 Å². The average Bonchev–Trinajstić information content (AvgIpc) is 2.40. The van der Waals surface area contributed by atoms with Gasteiger partial charge in [0.1, 0.15) is 0 Å². The SMILES string of the molecule is C=CCN1CCN(CC(=O)Nc2cc(Br)cc(Br)c2)CC1. The van der Waals surface area contributed by atoms with Crippen molar-refractivity contribution in [3.63, 3.8) is 0 Å². The van der Waals surface area contributed by atoms with Gasteiger partial charge < -0.3 is 5.32 Å². The summed E-state index contributed by atoms with van der Waals surface area (Å²) >= 11 is 6.83. The zero-order chi connectivity index (χ0) is 15.2. The number of carbonyl (C=O) groups is 1. The third-order valence-electron chi connectivity index (χ3n) is 3.37. The molecule has 0 saturated carbocycles. The lowest BCUT2D eigenvalue weighted by atomic mass is 10.3. The Kier molecular flexibility index (Phi) is 6.41. The number of hydrogen-bond donors (Lipinski definition) is 1. The van der Waals surface area contributed by atoms with E-state index >= 15 is 0 Å². The van der Waals surface area contributed by atoms with Gasteiger partial charge >= 0.3 is 0 Å². The standard InChI is InChI=1S/C15H19Br2N3O/c1-2-3-19-4-6-20(7-5-19)11-15(21)18-14-9-12(16)8-13(17)10-14/h2,8-10H,1,3-7,11H2,(H,18,21). The molecule has 1 fully saturated rings. The van der Waals surface area contributed by atoms with E-state index < -0.39 is 0 Å². The number of hydrogen-bond acceptors (Lipinski definition) is 3. The minimum atomic E-state index is 0.0252. The molecule has 2 rings (SSSR count). The molecule has 0 bridgehead atoms. The maximum atomic E-state index is 12.1. The lowest BCUT2D eigenvalue weighted by Crippen LogP contribution is -2.48. The van der Waals surface area contributed by atoms with Crippen LogP contribution in [0.5, 0.6) is 0 Å². The van der Waals surface area contributed by atoms with E-state index in [1.54, 1.807) is 0 Å². The van der Waals surface area contributed by atoms with Crippen molar-refractivity contribution in [2.45, 2.75) is 0 Å². The number of anilines is 1. The Hall–Kier alpha value is -0.690. The lowest BCUT2D eigenvalue weighted by Gasteiger charge is -2.33. The summed E-state index contributed by atoms with van der Waals surface area (Å²) in [6.45, 7) is 8.93. The number of nitrogens with one attached hydrogen (secondary N) is 1. The Morgan fingerprint density at radius 3 is 2.29 bits per heavy atom. The summed E-state index contributed by atoms with van der Waals surface area (Å²) in [4.78, 5) is 16.6. The van der Waals surface area contributed by atoms with Crippen LogP contribution in [0.3, 0.4) is 0 Å². The summed E-state index contributed by atoms with van der Waals surface area (Å²) in [6, 6.07) is 5.73. The minimum Gasteiger partial charge on any atom is -0.325 e. The van der Waals surface area contributed by atoms with E-state index in [0.29, 0.717) is 6.54 Å². The van der Waals surface area contributed by atoms with Gasteiger partial charge in [0, 0.05) is 47.4 Å². The van der Waals surface area contributed by atoms with Crippen molar-refractivity contribution in [3.8, 4) is 0 Å². The van der Waals surface area contributed by atoms with Gasteiger partial charge in [0.2, 0.25) is 5.91 Å². The number of piperazine rings is 1. The van der Waals surface area contributed by atoms with Gasteiger partial charge in [0.25, 0.3) is 0 Å². The Morgan fingerprint density at radius 1 is 1.14 bits per heavy atom. The van der Waals surface area contributed by atoms with Crippen LogP contribution in [0.1, 0.15) is 0 Å². The van der Waals surface area contributed by atoms with Gasteiger partial charge in [-0.2, -0.15) is 0 Å². The van der Waals surface area contributed by atoms with Crippen molar-refractivity contribution < 1.29 is 4.79 Å². The Labute approximate surface area is 142 Å². The average molecular weight is 417 g/mol. The van der Waals surface area contributed by atoms with Gasteiger partial charge in [-0.1, -0.05) is 37.9 Å². The molecule has 0 aliphatic carbocycles. The minimum absolute atomic E-state index is 0.0252. The second kappa shape index (κ2) is 8.08. The highest BCUT2D eigenvalue weighted by molar-refractivity contribution is 9.11. The second-order valence-corrected chi connectivity index (χ2v) is 6.90. The van der Waals surface area contributed by atoms with Crippen molar-refractivity contribution >= 4 is 43.5 Å². The first kappa shape index (κ1) is 16.7. The van der Waals surface area contributed by atoms with Crippen molar-refractivity contribution in [2.75, 3.05) is 44.6 Å². The fourth-order valence-electron chi connectivity index (χ4n) is 2.34. The van der Waals surface area contributed by atoms with Gasteiger partial charge in [-0.25, -0.2) is 0 Å². The lowest BCUT2D eigenvalue weighted by molar-refractivity contribution is -0.117. The molecule has 1 heterocycles. The number of nitrogens with zero attached hydrogens (tertiary/aromatic N) is 2. The molecular formula is C15H19Br2N3O. The second-order valence-electron chi connectivity index (χ2n) is 5.07. The number of rotatable bonds is 5. The quantitative estimate of drug-likeness (QED) is 0.749. The highest BCUT2D eigenvalue weighted by Gasteiger charge is 2.18. The van der Waals surface area contributed by atoms with Crippen LogP contribution in [0.4, 0.5) is 5.69 Å². The third kappa shape index (κ3) is 5.54. The van der Waals surface area contributed by atoms with Gasteiger partial charge in [-0.15, -0.1) is 6.58 Å². The van der Waals surface area contributed by atoms with Crippen LogP contribution < -0.4 is 5.32 Å². The van der Waals surface area contributed by atoms with E-state index in [1.807, 2.05) is 24.3 Å². The maximum Gasteiger partial charge on any atom is 0.238 e. The molecule has 0 radical (unpaired) electrons. The smallest absolute Gasteiger partial charge is 0.238 e. The van der Waals surface area contributed by atoms with Crippen LogP contribution in [0, 0.1) is 0 Å². The van der Waals surface area contributed by atoms with Crippen LogP contribution in [0.2, 0.25) is 0 Å². The summed E-state index contributed by atoms with van der Waals surface area (Å²) in [5, 5.41) is 2.94. The normalized spacial score (nSPS) is 16.7. The molecule has 114 valence electrons. The summed E-state index contributed by atoms with van der Waals surface area (Å²) < 4.78 is 1.87. The maximum absolute atomic E-state index is 12.1. The van der Waals surface area contributed by atoms with E-state index in [4.69, 9.17) is 0 Å². The molecule has 1 N–H and O–H groups in total. The molecule has 1 aromatic rings. The summed E-state index contributed by atoms with van der Waals surface area (Å²) in [5.74, 6) is 0.0252. The first-order valence-electron chi connectivity index (χ1n) is 6.88. The first-order valence-corrected chi connectivity index (χ1v) is 8.47. The molecule has 1 aliphatic rings. The van der Waals surface area contributed by atoms with E-state index in [0.717, 1.165) is 47.4 Å². The van der Waals surface area contributed by atoms with E-state index in [2.05, 4.69) is 53.6 Å². The monoisotopic (exact) mass is 415 g/mol. The molecule has 0 spiro atoms. The zero-order valence-corrected chi connectivity index (χ0v) is 15.0. The molecule has 4 nitrogen and oxygen atoms in total. The highest BCUT2D eigenvalue weighted by Crippen LogP contribution is 2.23. The highest BCUT2D eigenvalue weighted by atomic mass is 79.9. The molecule has 6 heteroatoms. The van der Waals surface area contributed by atoms with Gasteiger partial charge in [-0.3, -0.25) is 14.6 Å². The van der Waals surface area contributed by atoms with Crippen molar-refractivity contribution in [1.82, 2.24) is 9.80 Å². The Balaban J connectivity index is 1.81. The van der Waals surface area contributed by atoms with Crippen molar-refractivity contribution in [3.05, 3.63) is 39.8 Å². The summed E-state index contributed by atoms with van der Waals surface area (Å²) in [7, 11) is 0. The Morgan fingerprint density at radius 2 is 1.71 bits per heavy atom. The van der Waals surface area contributed by atoms with Crippen molar-refractivity contribution in [2.24, 2.45) is 0 Å². The van der Waals surface area contributed by atoms with Crippen LogP contribution in [0.25, 0.3) is 0 Å². The number of benzene rings is 1. The zero-order valence-electron chi connectivity index (χ0n) is 11.8. The topological polar surface area (TPSA) is 35.6 Å². The largest absolute Gasteiger partial charge is 0.325 e. The van der Waals surface area contributed by atoms with Crippen LogP contribution >= 0.6 is 31.9 Å². The first-order chi connectivity index (χ1) is 10.1. The molecule has 1 saturated heterocycles. The molecule has 1 amide bonds. The summed E-state index contributed by atoms with van der Waals surface area (Å²) in [6.07, 6.45) is 1.92. The van der Waals surface area contributed by atoms with Crippen LogP contribution in [-0.4, -0.2) is 55.0 Å². The summed E-state index contributed by atoms with van der Waals surface area (Å²) in [5.41, 5.74) is 0.798. The fraction of sp³-hybridized carbons (Fsp3) is 0.400. The predicted octanol–water partition coefficient (Wildman–Crippen LogP) is 2.95. The third-order valence-corrected chi connectivity index (χ3v) is 4.28. The molecule has 0 atom stereocenters. The van der Waals surface area contributed by atoms with E-state index in [1.165, 1.54) is 0 Å². The van der Waals surface area contributed by atoms with E-state index in [9.17, 15) is 4.79 Å². The van der Waals surface area contributed by atoms with Crippen LogP contribution in [0.15, 0.2) is 39.8 Å². The molecule has 21 heavy (non-hydrogen) atoms. The molecule has 1 aromatic carbocycles. The molecule has 0 aromatic heterocycles. The molecule has 1 aliphatic heterocycles. The van der Waals surface area contributed by atoms with Crippen LogP contribution in [-0.2, 0) is 4.79 Å².